The van der Waals surface area contributed by atoms with Crippen LogP contribution in [0, 0.1) is 5.92 Å². The van der Waals surface area contributed by atoms with Crippen molar-refractivity contribution in [1.29, 1.82) is 0 Å². The van der Waals surface area contributed by atoms with Crippen LogP contribution < -0.4 is 5.32 Å². The van der Waals surface area contributed by atoms with E-state index in [0.29, 0.717) is 23.3 Å². The van der Waals surface area contributed by atoms with Gasteiger partial charge in [-0.1, -0.05) is 19.8 Å². The minimum Gasteiger partial charge on any atom is -0.478 e. The summed E-state index contributed by atoms with van der Waals surface area (Å²) in [5.74, 6) is 0.477. The van der Waals surface area contributed by atoms with Crippen LogP contribution in [0.4, 0.5) is 5.82 Å². The van der Waals surface area contributed by atoms with Crippen molar-refractivity contribution in [3.05, 3.63) is 23.4 Å². The number of carboxylic acids is 1. The molecule has 1 aliphatic rings. The summed E-state index contributed by atoms with van der Waals surface area (Å²) in [6, 6.07) is 3.63. The van der Waals surface area contributed by atoms with E-state index in [-0.39, 0.29) is 0 Å². The van der Waals surface area contributed by atoms with Crippen LogP contribution in [0.15, 0.2) is 12.1 Å². The van der Waals surface area contributed by atoms with Crippen molar-refractivity contribution in [3.63, 3.8) is 0 Å². The van der Waals surface area contributed by atoms with Crippen LogP contribution in [0.3, 0.4) is 0 Å². The van der Waals surface area contributed by atoms with E-state index in [4.69, 9.17) is 5.11 Å². The molecular formula is C15H22N2O2. The average molecular weight is 262 g/mol. The van der Waals surface area contributed by atoms with Gasteiger partial charge in [0.2, 0.25) is 0 Å². The summed E-state index contributed by atoms with van der Waals surface area (Å²) in [5, 5.41) is 12.5. The van der Waals surface area contributed by atoms with E-state index in [2.05, 4.69) is 17.2 Å². The first-order chi connectivity index (χ1) is 9.10. The summed E-state index contributed by atoms with van der Waals surface area (Å²) in [5.41, 5.74) is 1.13. The lowest BCUT2D eigenvalue weighted by molar-refractivity contribution is 0.0696. The molecule has 1 aromatic rings. The van der Waals surface area contributed by atoms with Crippen molar-refractivity contribution in [3.8, 4) is 0 Å². The number of aromatic carboxylic acids is 1. The van der Waals surface area contributed by atoms with Crippen molar-refractivity contribution in [2.75, 3.05) is 5.32 Å². The van der Waals surface area contributed by atoms with Gasteiger partial charge in [-0.05, 0) is 44.2 Å². The fraction of sp³-hybridized carbons (Fsp3) is 0.600. The Hall–Kier alpha value is -1.58. The molecule has 1 atom stereocenters. The molecule has 0 amide bonds. The zero-order chi connectivity index (χ0) is 13.8. The van der Waals surface area contributed by atoms with E-state index in [1.54, 1.807) is 12.1 Å². The van der Waals surface area contributed by atoms with E-state index in [1.165, 1.54) is 25.7 Å². The molecular weight excluding hydrogens is 240 g/mol. The van der Waals surface area contributed by atoms with E-state index in [9.17, 15) is 4.79 Å². The Labute approximate surface area is 114 Å². The van der Waals surface area contributed by atoms with Crippen molar-refractivity contribution in [2.24, 2.45) is 5.92 Å². The highest BCUT2D eigenvalue weighted by Gasteiger charge is 2.22. The van der Waals surface area contributed by atoms with Gasteiger partial charge >= 0.3 is 5.97 Å². The van der Waals surface area contributed by atoms with Crippen LogP contribution in [0.2, 0.25) is 0 Å². The Morgan fingerprint density at radius 3 is 2.74 bits per heavy atom. The van der Waals surface area contributed by atoms with Crippen LogP contribution >= 0.6 is 0 Å². The van der Waals surface area contributed by atoms with Gasteiger partial charge in [-0.15, -0.1) is 0 Å². The molecule has 2 rings (SSSR count). The van der Waals surface area contributed by atoms with Crippen molar-refractivity contribution in [2.45, 2.75) is 52.0 Å². The fourth-order valence-corrected chi connectivity index (χ4v) is 2.77. The predicted octanol–water partition coefficient (Wildman–Crippen LogP) is 3.33. The first-order valence-corrected chi connectivity index (χ1v) is 7.11. The Bertz CT molecular complexity index is 453. The summed E-state index contributed by atoms with van der Waals surface area (Å²) in [6.45, 7) is 4.15. The van der Waals surface area contributed by atoms with Crippen LogP contribution in [-0.2, 0) is 6.42 Å². The molecule has 1 heterocycles. The molecule has 4 heteroatoms. The maximum atomic E-state index is 11.1. The Balaban J connectivity index is 2.14. The number of aryl methyl sites for hydroxylation is 1. The first-order valence-electron chi connectivity index (χ1n) is 7.11. The summed E-state index contributed by atoms with van der Waals surface area (Å²) >= 11 is 0. The van der Waals surface area contributed by atoms with Gasteiger partial charge < -0.3 is 10.4 Å². The number of nitrogens with zero attached hydrogens (tertiary/aromatic N) is 1. The molecule has 1 aliphatic carbocycles. The zero-order valence-corrected chi connectivity index (χ0v) is 11.6. The Morgan fingerprint density at radius 1 is 1.47 bits per heavy atom. The molecule has 2 N–H and O–H groups in total. The second-order valence-corrected chi connectivity index (χ2v) is 5.37. The topological polar surface area (TPSA) is 62.2 Å². The number of nitrogens with one attached hydrogen (secondary N) is 1. The molecule has 104 valence electrons. The maximum absolute atomic E-state index is 11.1. The third kappa shape index (κ3) is 3.46. The SMILES string of the molecule is CCc1cc(C(=O)O)cc(NC(C)C2CCCC2)n1. The molecule has 1 saturated carbocycles. The van der Waals surface area contributed by atoms with Crippen molar-refractivity contribution < 1.29 is 9.90 Å². The molecule has 0 aromatic carbocycles. The number of aromatic nitrogens is 1. The van der Waals surface area contributed by atoms with Gasteiger partial charge in [0.05, 0.1) is 5.56 Å². The lowest BCUT2D eigenvalue weighted by Gasteiger charge is -2.21. The second-order valence-electron chi connectivity index (χ2n) is 5.37. The third-order valence-corrected chi connectivity index (χ3v) is 3.97. The van der Waals surface area contributed by atoms with Gasteiger partial charge in [-0.2, -0.15) is 0 Å². The molecule has 0 saturated heterocycles. The highest BCUT2D eigenvalue weighted by molar-refractivity contribution is 5.88. The molecule has 0 spiro atoms. The van der Waals surface area contributed by atoms with E-state index < -0.39 is 5.97 Å². The number of pyridine rings is 1. The predicted molar refractivity (Wildman–Crippen MR) is 75.6 cm³/mol. The van der Waals surface area contributed by atoms with Gasteiger partial charge in [0.25, 0.3) is 0 Å². The molecule has 0 radical (unpaired) electrons. The van der Waals surface area contributed by atoms with Gasteiger partial charge in [-0.3, -0.25) is 0 Å². The summed E-state index contributed by atoms with van der Waals surface area (Å²) < 4.78 is 0. The number of rotatable bonds is 5. The van der Waals surface area contributed by atoms with Crippen molar-refractivity contribution in [1.82, 2.24) is 4.98 Å². The third-order valence-electron chi connectivity index (χ3n) is 3.97. The number of hydrogen-bond donors (Lipinski definition) is 2. The van der Waals surface area contributed by atoms with E-state index in [1.807, 2.05) is 6.92 Å². The quantitative estimate of drug-likeness (QED) is 0.854. The summed E-state index contributed by atoms with van der Waals surface area (Å²) in [7, 11) is 0. The largest absolute Gasteiger partial charge is 0.478 e. The number of anilines is 1. The molecule has 4 nitrogen and oxygen atoms in total. The minimum atomic E-state index is -0.895. The number of carbonyl (C=O) groups is 1. The summed E-state index contributed by atoms with van der Waals surface area (Å²) in [4.78, 5) is 15.6. The number of hydrogen-bond acceptors (Lipinski definition) is 3. The van der Waals surface area contributed by atoms with Crippen molar-refractivity contribution >= 4 is 11.8 Å². The van der Waals surface area contributed by atoms with Crippen LogP contribution in [0.1, 0.15) is 55.6 Å². The maximum Gasteiger partial charge on any atom is 0.335 e. The first kappa shape index (κ1) is 13.8. The minimum absolute atomic E-state index is 0.313. The van der Waals surface area contributed by atoms with Gasteiger partial charge in [-0.25, -0.2) is 9.78 Å². The van der Waals surface area contributed by atoms with Gasteiger partial charge in [0.1, 0.15) is 5.82 Å². The molecule has 1 aromatic heterocycles. The average Bonchev–Trinajstić information content (AvgIpc) is 2.92. The normalized spacial score (nSPS) is 17.4. The molecule has 0 aliphatic heterocycles. The highest BCUT2D eigenvalue weighted by atomic mass is 16.4. The van der Waals surface area contributed by atoms with E-state index in [0.717, 1.165) is 12.1 Å². The molecule has 1 fully saturated rings. The smallest absolute Gasteiger partial charge is 0.335 e. The zero-order valence-electron chi connectivity index (χ0n) is 11.6. The van der Waals surface area contributed by atoms with Crippen LogP contribution in [0.5, 0.6) is 0 Å². The lowest BCUT2D eigenvalue weighted by Crippen LogP contribution is -2.24. The Kier molecular flexibility index (Phi) is 4.40. The lowest BCUT2D eigenvalue weighted by atomic mass is 10.00. The van der Waals surface area contributed by atoms with E-state index >= 15 is 0 Å². The molecule has 0 bridgehead atoms. The monoisotopic (exact) mass is 262 g/mol. The van der Waals surface area contributed by atoms with Crippen LogP contribution in [-0.4, -0.2) is 22.1 Å². The summed E-state index contributed by atoms with van der Waals surface area (Å²) in [6.07, 6.45) is 5.87. The highest BCUT2D eigenvalue weighted by Crippen LogP contribution is 2.29. The second kappa shape index (κ2) is 6.04. The fourth-order valence-electron chi connectivity index (χ4n) is 2.77. The Morgan fingerprint density at radius 2 is 2.16 bits per heavy atom. The molecule has 1 unspecified atom stereocenters. The molecule has 19 heavy (non-hydrogen) atoms. The number of carboxylic acid groups (broad SMARTS) is 1. The van der Waals surface area contributed by atoms with Gasteiger partial charge in [0, 0.05) is 11.7 Å². The van der Waals surface area contributed by atoms with Crippen LogP contribution in [0.25, 0.3) is 0 Å². The van der Waals surface area contributed by atoms with Gasteiger partial charge in [0.15, 0.2) is 0 Å². The standard InChI is InChI=1S/C15H22N2O2/c1-3-13-8-12(15(18)19)9-14(17-13)16-10(2)11-6-4-5-7-11/h8-11H,3-7H2,1-2H3,(H,16,17)(H,18,19).